The number of quaternary nitrogens is 1. The minimum atomic E-state index is -0.771. The van der Waals surface area contributed by atoms with E-state index in [2.05, 4.69) is 19.7 Å². The van der Waals surface area contributed by atoms with Crippen molar-refractivity contribution in [2.24, 2.45) is 5.92 Å². The molecule has 0 aromatic heterocycles. The second-order valence-electron chi connectivity index (χ2n) is 9.80. The maximum absolute atomic E-state index is 12.3. The third-order valence-electron chi connectivity index (χ3n) is 8.43. The Morgan fingerprint density at radius 1 is 1.31 bits per heavy atom. The van der Waals surface area contributed by atoms with E-state index in [0.29, 0.717) is 5.75 Å². The minimum absolute atomic E-state index is 0.194. The Balaban J connectivity index is 1.60. The summed E-state index contributed by atoms with van der Waals surface area (Å²) in [6.45, 7) is 6.57. The van der Waals surface area contributed by atoms with E-state index in [9.17, 15) is 10.2 Å². The van der Waals surface area contributed by atoms with Crippen LogP contribution in [-0.2, 0) is 11.8 Å². The van der Waals surface area contributed by atoms with Crippen LogP contribution in [-0.4, -0.2) is 52.6 Å². The molecule has 3 unspecified atom stereocenters. The van der Waals surface area contributed by atoms with Crippen LogP contribution in [0.2, 0.25) is 0 Å². The number of benzene rings is 1. The van der Waals surface area contributed by atoms with E-state index in [-0.39, 0.29) is 17.9 Å². The lowest BCUT2D eigenvalue weighted by atomic mass is 9.48. The molecule has 4 heteroatoms. The molecular formula is C22H28NO3+. The van der Waals surface area contributed by atoms with E-state index in [1.165, 1.54) is 24.9 Å². The van der Waals surface area contributed by atoms with Gasteiger partial charge in [-0.1, -0.05) is 12.6 Å². The number of likely N-dealkylation sites (tertiary alicyclic amines) is 1. The first-order chi connectivity index (χ1) is 12.4. The van der Waals surface area contributed by atoms with Crippen molar-refractivity contribution < 1.29 is 19.4 Å². The molecule has 1 saturated heterocycles. The minimum Gasteiger partial charge on any atom is -0.504 e. The molecule has 2 saturated carbocycles. The van der Waals surface area contributed by atoms with Crippen molar-refractivity contribution in [2.45, 2.75) is 61.7 Å². The largest absolute Gasteiger partial charge is 0.504 e. The van der Waals surface area contributed by atoms with Crippen molar-refractivity contribution in [2.75, 3.05) is 20.1 Å². The molecule has 1 aromatic rings. The quantitative estimate of drug-likeness (QED) is 0.634. The van der Waals surface area contributed by atoms with Gasteiger partial charge in [-0.2, -0.15) is 0 Å². The predicted molar refractivity (Wildman–Crippen MR) is 98.3 cm³/mol. The smallest absolute Gasteiger partial charge is 0.166 e. The molecular weight excluding hydrogens is 326 g/mol. The fourth-order valence-electron chi connectivity index (χ4n) is 7.07. The molecule has 5 atom stereocenters. The first-order valence-corrected chi connectivity index (χ1v) is 10.2. The molecule has 26 heavy (non-hydrogen) atoms. The Hall–Kier alpha value is -1.52. The number of phenols is 1. The van der Waals surface area contributed by atoms with Gasteiger partial charge in [-0.05, 0) is 42.9 Å². The number of aliphatic hydroxyl groups is 1. The molecule has 2 N–H and O–H groups in total. The van der Waals surface area contributed by atoms with Gasteiger partial charge in [0.25, 0.3) is 0 Å². The summed E-state index contributed by atoms with van der Waals surface area (Å²) in [6, 6.07) is 4.05. The highest BCUT2D eigenvalue weighted by molar-refractivity contribution is 5.63. The van der Waals surface area contributed by atoms with Crippen LogP contribution in [0.1, 0.15) is 43.2 Å². The topological polar surface area (TPSA) is 49.7 Å². The molecule has 2 heterocycles. The van der Waals surface area contributed by atoms with Gasteiger partial charge in [-0.15, -0.1) is 0 Å². The van der Waals surface area contributed by atoms with Gasteiger partial charge in [0.1, 0.15) is 17.7 Å². The van der Waals surface area contributed by atoms with Crippen molar-refractivity contribution >= 4 is 0 Å². The standard InChI is InChI=1S/C22H27NO3/c1-13-7-8-22(25)17-11-15-5-6-16(24)19-18(15)21(22,20(13)26-19)9-10-23(17,2)12-14-3-4-14/h5-6,14,17,20,25H,1,3-4,7-12H2,2H3/p+1/t17?,20?,21-,22?,23+/m0/s1. The Morgan fingerprint density at radius 3 is 2.88 bits per heavy atom. The average molecular weight is 354 g/mol. The second-order valence-corrected chi connectivity index (χ2v) is 9.80. The Labute approximate surface area is 154 Å². The number of piperidine rings is 1. The Kier molecular flexibility index (Phi) is 2.67. The van der Waals surface area contributed by atoms with Gasteiger partial charge in [-0.25, -0.2) is 0 Å². The van der Waals surface area contributed by atoms with E-state index >= 15 is 0 Å². The number of hydrogen-bond donors (Lipinski definition) is 2. The van der Waals surface area contributed by atoms with Gasteiger partial charge < -0.3 is 19.4 Å². The van der Waals surface area contributed by atoms with E-state index in [1.807, 2.05) is 0 Å². The second kappa shape index (κ2) is 4.48. The fraction of sp³-hybridized carbons (Fsp3) is 0.636. The Bertz CT molecular complexity index is 846. The zero-order chi connectivity index (χ0) is 17.9. The molecule has 2 aliphatic heterocycles. The van der Waals surface area contributed by atoms with Crippen LogP contribution in [0.3, 0.4) is 0 Å². The van der Waals surface area contributed by atoms with E-state index in [4.69, 9.17) is 4.74 Å². The zero-order valence-electron chi connectivity index (χ0n) is 15.5. The summed E-state index contributed by atoms with van der Waals surface area (Å²) in [5.74, 6) is 1.66. The molecule has 3 aliphatic carbocycles. The van der Waals surface area contributed by atoms with E-state index in [1.54, 1.807) is 6.07 Å². The number of aromatic hydroxyl groups is 1. The number of rotatable bonds is 2. The first kappa shape index (κ1) is 15.5. The highest BCUT2D eigenvalue weighted by atomic mass is 16.5. The van der Waals surface area contributed by atoms with Gasteiger partial charge in [-0.3, -0.25) is 0 Å². The van der Waals surface area contributed by atoms with Crippen molar-refractivity contribution in [3.05, 3.63) is 35.4 Å². The van der Waals surface area contributed by atoms with Crippen molar-refractivity contribution in [1.82, 2.24) is 0 Å². The normalized spacial score (nSPS) is 45.2. The predicted octanol–water partition coefficient (Wildman–Crippen LogP) is 2.66. The summed E-state index contributed by atoms with van der Waals surface area (Å²) in [4.78, 5) is 0. The lowest BCUT2D eigenvalue weighted by Crippen LogP contribution is -2.80. The monoisotopic (exact) mass is 354 g/mol. The first-order valence-electron chi connectivity index (χ1n) is 10.2. The molecule has 1 spiro atoms. The Morgan fingerprint density at radius 2 is 2.12 bits per heavy atom. The fourth-order valence-corrected chi connectivity index (χ4v) is 7.07. The van der Waals surface area contributed by atoms with Crippen LogP contribution in [0, 0.1) is 5.92 Å². The van der Waals surface area contributed by atoms with Crippen LogP contribution in [0.4, 0.5) is 0 Å². The number of nitrogens with zero attached hydrogens (tertiary/aromatic N) is 1. The van der Waals surface area contributed by atoms with Gasteiger partial charge in [0.15, 0.2) is 11.5 Å². The highest BCUT2D eigenvalue weighted by Gasteiger charge is 2.75. The third kappa shape index (κ3) is 1.56. The van der Waals surface area contributed by atoms with Crippen molar-refractivity contribution in [1.29, 1.82) is 0 Å². The van der Waals surface area contributed by atoms with Gasteiger partial charge >= 0.3 is 0 Å². The lowest BCUT2D eigenvalue weighted by molar-refractivity contribution is -0.950. The van der Waals surface area contributed by atoms with Crippen molar-refractivity contribution in [3.63, 3.8) is 0 Å². The zero-order valence-corrected chi connectivity index (χ0v) is 15.5. The summed E-state index contributed by atoms with van der Waals surface area (Å²) >= 11 is 0. The van der Waals surface area contributed by atoms with Crippen LogP contribution < -0.4 is 4.74 Å². The summed E-state index contributed by atoms with van der Waals surface area (Å²) in [5, 5.41) is 22.7. The number of hydrogen-bond acceptors (Lipinski definition) is 3. The third-order valence-corrected chi connectivity index (χ3v) is 8.43. The van der Waals surface area contributed by atoms with Gasteiger partial charge in [0.2, 0.25) is 0 Å². The molecule has 3 fully saturated rings. The van der Waals surface area contributed by atoms with E-state index in [0.717, 1.165) is 53.8 Å². The highest BCUT2D eigenvalue weighted by Crippen LogP contribution is 2.67. The van der Waals surface area contributed by atoms with Gasteiger partial charge in [0.05, 0.1) is 25.6 Å². The summed E-state index contributed by atoms with van der Waals surface area (Å²) in [5.41, 5.74) is 2.25. The molecule has 0 radical (unpaired) electrons. The number of ether oxygens (including phenoxy) is 1. The van der Waals surface area contributed by atoms with Crippen LogP contribution in [0.5, 0.6) is 11.5 Å². The maximum atomic E-state index is 12.3. The molecule has 5 aliphatic rings. The molecule has 4 nitrogen and oxygen atoms in total. The molecule has 2 bridgehead atoms. The summed E-state index contributed by atoms with van der Waals surface area (Å²) in [7, 11) is 2.37. The number of likely N-dealkylation sites (N-methyl/N-ethyl adjacent to an activating group) is 1. The average Bonchev–Trinajstić information content (AvgIpc) is 3.32. The SMILES string of the molecule is C=C1CCC2(O)C3Cc4ccc(O)c5c4[C@@]2(CC[N@+]3(C)CC2CC2)C1O5. The molecule has 0 amide bonds. The lowest BCUT2D eigenvalue weighted by Gasteiger charge is -2.65. The maximum Gasteiger partial charge on any atom is 0.166 e. The van der Waals surface area contributed by atoms with Crippen molar-refractivity contribution in [3.8, 4) is 11.5 Å². The molecule has 6 rings (SSSR count). The molecule has 1 aromatic carbocycles. The van der Waals surface area contributed by atoms with Crippen LogP contribution >= 0.6 is 0 Å². The van der Waals surface area contributed by atoms with Crippen LogP contribution in [0.25, 0.3) is 0 Å². The number of phenolic OH excluding ortho intramolecular Hbond substituents is 1. The van der Waals surface area contributed by atoms with E-state index < -0.39 is 11.0 Å². The summed E-state index contributed by atoms with van der Waals surface area (Å²) in [6.07, 6.45) is 5.88. The molecule has 138 valence electrons. The van der Waals surface area contributed by atoms with Crippen LogP contribution in [0.15, 0.2) is 24.3 Å². The summed E-state index contributed by atoms with van der Waals surface area (Å²) < 4.78 is 7.32. The van der Waals surface area contributed by atoms with Gasteiger partial charge in [0, 0.05) is 24.3 Å².